The standard InChI is InChI=1S/C16H32O3Si/c1-5-9-10-11-12-13-14-15-16-20(17-6-2,18-7-3)19-8-4/h5-8,11-16H2,1-4H3. The molecule has 0 aliphatic heterocycles. The van der Waals surface area contributed by atoms with Crippen molar-refractivity contribution in [1.82, 2.24) is 0 Å². The monoisotopic (exact) mass is 300 g/mol. The van der Waals surface area contributed by atoms with Crippen LogP contribution in [0.5, 0.6) is 0 Å². The van der Waals surface area contributed by atoms with E-state index >= 15 is 0 Å². The molecule has 0 aromatic rings. The minimum Gasteiger partial charge on any atom is -0.374 e. The van der Waals surface area contributed by atoms with Crippen molar-refractivity contribution in [2.75, 3.05) is 19.8 Å². The van der Waals surface area contributed by atoms with E-state index in [4.69, 9.17) is 13.3 Å². The summed E-state index contributed by atoms with van der Waals surface area (Å²) in [5.41, 5.74) is 0. The Morgan fingerprint density at radius 3 is 1.75 bits per heavy atom. The van der Waals surface area contributed by atoms with Crippen LogP contribution in [0.4, 0.5) is 0 Å². The predicted octanol–water partition coefficient (Wildman–Crippen LogP) is 4.40. The van der Waals surface area contributed by atoms with Gasteiger partial charge in [-0.1, -0.05) is 19.8 Å². The highest BCUT2D eigenvalue weighted by molar-refractivity contribution is 6.60. The van der Waals surface area contributed by atoms with E-state index in [0.29, 0.717) is 19.8 Å². The fourth-order valence-corrected chi connectivity index (χ4v) is 4.81. The van der Waals surface area contributed by atoms with Gasteiger partial charge in [0, 0.05) is 38.7 Å². The molecule has 0 radical (unpaired) electrons. The normalized spacial score (nSPS) is 11.2. The molecule has 0 N–H and O–H groups in total. The van der Waals surface area contributed by atoms with E-state index in [2.05, 4.69) is 18.8 Å². The Kier molecular flexibility index (Phi) is 13.4. The smallest absolute Gasteiger partial charge is 0.374 e. The van der Waals surface area contributed by atoms with E-state index in [1.807, 2.05) is 20.8 Å². The molecule has 0 bridgehead atoms. The maximum atomic E-state index is 5.84. The van der Waals surface area contributed by atoms with Gasteiger partial charge in [-0.2, -0.15) is 0 Å². The van der Waals surface area contributed by atoms with E-state index in [-0.39, 0.29) is 0 Å². The van der Waals surface area contributed by atoms with Gasteiger partial charge >= 0.3 is 8.80 Å². The van der Waals surface area contributed by atoms with Crippen molar-refractivity contribution < 1.29 is 13.3 Å². The quantitative estimate of drug-likeness (QED) is 0.304. The molecule has 0 aromatic carbocycles. The molecule has 20 heavy (non-hydrogen) atoms. The number of hydrogen-bond donors (Lipinski definition) is 0. The molecular formula is C16H32O3Si. The molecule has 0 fully saturated rings. The fraction of sp³-hybridized carbons (Fsp3) is 0.875. The molecule has 4 heteroatoms. The lowest BCUT2D eigenvalue weighted by atomic mass is 10.1. The van der Waals surface area contributed by atoms with Crippen LogP contribution in [0.15, 0.2) is 0 Å². The van der Waals surface area contributed by atoms with Crippen LogP contribution >= 0.6 is 0 Å². The maximum Gasteiger partial charge on any atom is 0.500 e. The van der Waals surface area contributed by atoms with Crippen molar-refractivity contribution in [2.45, 2.75) is 72.3 Å². The second-order valence-corrected chi connectivity index (χ2v) is 7.34. The highest BCUT2D eigenvalue weighted by atomic mass is 28.4. The Morgan fingerprint density at radius 2 is 1.25 bits per heavy atom. The molecular weight excluding hydrogens is 268 g/mol. The van der Waals surface area contributed by atoms with E-state index in [1.165, 1.54) is 19.3 Å². The summed E-state index contributed by atoms with van der Waals surface area (Å²) < 4.78 is 17.5. The number of hydrogen-bond acceptors (Lipinski definition) is 3. The molecule has 0 aliphatic rings. The van der Waals surface area contributed by atoms with Gasteiger partial charge in [-0.05, 0) is 33.6 Å². The van der Waals surface area contributed by atoms with E-state index in [1.54, 1.807) is 0 Å². The SMILES string of the molecule is CCC#CCCCCCC[Si](OCC)(OCC)OCC. The molecule has 118 valence electrons. The molecule has 3 nitrogen and oxygen atoms in total. The van der Waals surface area contributed by atoms with Crippen molar-refractivity contribution in [3.8, 4) is 11.8 Å². The van der Waals surface area contributed by atoms with Crippen LogP contribution in [0.1, 0.15) is 66.2 Å². The second-order valence-electron chi connectivity index (χ2n) is 4.60. The maximum absolute atomic E-state index is 5.84. The summed E-state index contributed by atoms with van der Waals surface area (Å²) in [4.78, 5) is 0. The van der Waals surface area contributed by atoms with Gasteiger partial charge in [0.25, 0.3) is 0 Å². The van der Waals surface area contributed by atoms with Crippen LogP contribution in [0.3, 0.4) is 0 Å². The van der Waals surface area contributed by atoms with Crippen LogP contribution in [0.25, 0.3) is 0 Å². The highest BCUT2D eigenvalue weighted by Gasteiger charge is 2.39. The first-order valence-corrected chi connectivity index (χ1v) is 10.0. The van der Waals surface area contributed by atoms with Gasteiger partial charge in [-0.3, -0.25) is 0 Å². The summed E-state index contributed by atoms with van der Waals surface area (Å²) in [7, 11) is -2.40. The third-order valence-electron chi connectivity index (χ3n) is 2.93. The second kappa shape index (κ2) is 13.6. The van der Waals surface area contributed by atoms with Gasteiger partial charge in [0.05, 0.1) is 0 Å². The van der Waals surface area contributed by atoms with Gasteiger partial charge in [0.2, 0.25) is 0 Å². The van der Waals surface area contributed by atoms with Crippen LogP contribution in [0, 0.1) is 11.8 Å². The third-order valence-corrected chi connectivity index (χ3v) is 6.08. The Labute approximate surface area is 126 Å². The van der Waals surface area contributed by atoms with Gasteiger partial charge < -0.3 is 13.3 Å². The zero-order valence-electron chi connectivity index (χ0n) is 13.8. The molecule has 0 atom stereocenters. The Hall–Kier alpha value is -0.343. The average molecular weight is 301 g/mol. The molecule has 0 saturated heterocycles. The summed E-state index contributed by atoms with van der Waals surface area (Å²) in [6, 6.07) is 0.934. The third kappa shape index (κ3) is 9.54. The summed E-state index contributed by atoms with van der Waals surface area (Å²) >= 11 is 0. The number of unbranched alkanes of at least 4 members (excludes halogenated alkanes) is 4. The van der Waals surface area contributed by atoms with Gasteiger partial charge in [0.1, 0.15) is 0 Å². The molecule has 0 heterocycles. The summed E-state index contributed by atoms with van der Waals surface area (Å²) in [5, 5.41) is 0. The molecule has 0 saturated carbocycles. The highest BCUT2D eigenvalue weighted by Crippen LogP contribution is 2.20. The van der Waals surface area contributed by atoms with E-state index in [0.717, 1.165) is 25.3 Å². The van der Waals surface area contributed by atoms with Crippen LogP contribution in [0.2, 0.25) is 6.04 Å². The van der Waals surface area contributed by atoms with Gasteiger partial charge in [0.15, 0.2) is 0 Å². The zero-order chi connectivity index (χ0) is 15.1. The Balaban J connectivity index is 3.94. The van der Waals surface area contributed by atoms with Crippen LogP contribution in [-0.2, 0) is 13.3 Å². The Morgan fingerprint density at radius 1 is 0.700 bits per heavy atom. The largest absolute Gasteiger partial charge is 0.500 e. The van der Waals surface area contributed by atoms with E-state index < -0.39 is 8.80 Å². The minimum absolute atomic E-state index is 0.666. The van der Waals surface area contributed by atoms with Crippen LogP contribution < -0.4 is 0 Å². The lowest BCUT2D eigenvalue weighted by Gasteiger charge is -2.28. The lowest BCUT2D eigenvalue weighted by Crippen LogP contribution is -2.45. The van der Waals surface area contributed by atoms with Crippen LogP contribution in [-0.4, -0.2) is 28.6 Å². The topological polar surface area (TPSA) is 27.7 Å². The number of rotatable bonds is 12. The first-order valence-electron chi connectivity index (χ1n) is 8.12. The Bertz CT molecular complexity index is 254. The summed E-state index contributed by atoms with van der Waals surface area (Å²) in [6.45, 7) is 10.1. The van der Waals surface area contributed by atoms with E-state index in [9.17, 15) is 0 Å². The van der Waals surface area contributed by atoms with Gasteiger partial charge in [-0.15, -0.1) is 11.8 Å². The van der Waals surface area contributed by atoms with Crippen molar-refractivity contribution in [3.63, 3.8) is 0 Å². The minimum atomic E-state index is -2.40. The van der Waals surface area contributed by atoms with Crippen molar-refractivity contribution in [1.29, 1.82) is 0 Å². The molecule has 0 amide bonds. The van der Waals surface area contributed by atoms with Gasteiger partial charge in [-0.25, -0.2) is 0 Å². The fourth-order valence-electron chi connectivity index (χ4n) is 2.12. The molecule has 0 spiro atoms. The molecule has 0 unspecified atom stereocenters. The first kappa shape index (κ1) is 19.7. The molecule has 0 aromatic heterocycles. The molecule has 0 rings (SSSR count). The van der Waals surface area contributed by atoms with Crippen molar-refractivity contribution in [2.24, 2.45) is 0 Å². The lowest BCUT2D eigenvalue weighted by molar-refractivity contribution is 0.0706. The summed E-state index contributed by atoms with van der Waals surface area (Å²) in [5.74, 6) is 6.30. The average Bonchev–Trinajstić information content (AvgIpc) is 2.43. The molecule has 0 aliphatic carbocycles. The van der Waals surface area contributed by atoms with Crippen molar-refractivity contribution in [3.05, 3.63) is 0 Å². The summed E-state index contributed by atoms with van der Waals surface area (Å²) in [6.07, 6.45) is 6.74. The first-order chi connectivity index (χ1) is 9.74. The predicted molar refractivity (Wildman–Crippen MR) is 86.6 cm³/mol. The zero-order valence-corrected chi connectivity index (χ0v) is 14.8. The van der Waals surface area contributed by atoms with Crippen molar-refractivity contribution >= 4 is 8.80 Å².